The average molecular weight is 308 g/mol. The van der Waals surface area contributed by atoms with Gasteiger partial charge in [-0.25, -0.2) is 0 Å². The van der Waals surface area contributed by atoms with E-state index in [1.165, 1.54) is 0 Å². The molecule has 1 aromatic rings. The van der Waals surface area contributed by atoms with E-state index in [1.807, 2.05) is 36.1 Å². The van der Waals surface area contributed by atoms with Crippen molar-refractivity contribution in [1.82, 2.24) is 9.80 Å². The topological polar surface area (TPSA) is 32.8 Å². The molecule has 5 heteroatoms. The maximum atomic E-state index is 12.5. The highest BCUT2D eigenvalue weighted by molar-refractivity contribution is 8.00. The highest BCUT2D eigenvalue weighted by Crippen LogP contribution is 2.26. The quantitative estimate of drug-likeness (QED) is 0.782. The molecule has 4 nitrogen and oxygen atoms in total. The van der Waals surface area contributed by atoms with E-state index in [9.17, 15) is 4.79 Å². The van der Waals surface area contributed by atoms with Gasteiger partial charge in [-0.1, -0.05) is 6.92 Å². The number of likely N-dealkylation sites (N-methyl/N-ethyl adjacent to an activating group) is 1. The second-order valence-electron chi connectivity index (χ2n) is 5.20. The summed E-state index contributed by atoms with van der Waals surface area (Å²) >= 11 is 1.61. The van der Waals surface area contributed by atoms with Gasteiger partial charge in [0.05, 0.1) is 12.4 Å². The number of nitrogens with zero attached hydrogens (tertiary/aromatic N) is 2. The molecular formula is C16H24N2O2S. The standard InChI is InChI=1S/C16H24N2O2S/c1-4-17-9-11-18(12-10-17)16(19)13(2)21-15-7-5-14(20-3)6-8-15/h5-8,13H,4,9-12H2,1-3H3/t13-/m0/s1. The Morgan fingerprint density at radius 1 is 1.24 bits per heavy atom. The minimum atomic E-state index is -0.0495. The van der Waals surface area contributed by atoms with Gasteiger partial charge in [-0.2, -0.15) is 0 Å². The van der Waals surface area contributed by atoms with E-state index in [1.54, 1.807) is 18.9 Å². The predicted octanol–water partition coefficient (Wildman–Crippen LogP) is 2.34. The van der Waals surface area contributed by atoms with Gasteiger partial charge in [-0.05, 0) is 37.7 Å². The molecule has 1 atom stereocenters. The third-order valence-electron chi connectivity index (χ3n) is 3.85. The van der Waals surface area contributed by atoms with Gasteiger partial charge in [0, 0.05) is 31.1 Å². The van der Waals surface area contributed by atoms with E-state index < -0.39 is 0 Å². The zero-order valence-corrected chi connectivity index (χ0v) is 13.9. The minimum absolute atomic E-state index is 0.0495. The van der Waals surface area contributed by atoms with Gasteiger partial charge < -0.3 is 14.5 Å². The molecule has 1 amide bonds. The van der Waals surface area contributed by atoms with Crippen LogP contribution < -0.4 is 4.74 Å². The first kappa shape index (κ1) is 16.2. The van der Waals surface area contributed by atoms with Gasteiger partial charge >= 0.3 is 0 Å². The number of carbonyl (C=O) groups excluding carboxylic acids is 1. The Bertz CT molecular complexity index is 456. The Labute approximate surface area is 131 Å². The number of methoxy groups -OCH3 is 1. The van der Waals surface area contributed by atoms with Crippen molar-refractivity contribution in [2.45, 2.75) is 24.0 Å². The Morgan fingerprint density at radius 2 is 1.86 bits per heavy atom. The number of carbonyl (C=O) groups is 1. The largest absolute Gasteiger partial charge is 0.497 e. The highest BCUT2D eigenvalue weighted by Gasteiger charge is 2.24. The van der Waals surface area contributed by atoms with Crippen molar-refractivity contribution in [3.05, 3.63) is 24.3 Å². The second-order valence-corrected chi connectivity index (χ2v) is 6.61. The monoisotopic (exact) mass is 308 g/mol. The van der Waals surface area contributed by atoms with Crippen LogP contribution in [-0.2, 0) is 4.79 Å². The van der Waals surface area contributed by atoms with E-state index in [4.69, 9.17) is 4.74 Å². The van der Waals surface area contributed by atoms with E-state index in [-0.39, 0.29) is 11.2 Å². The number of benzene rings is 1. The fourth-order valence-corrected chi connectivity index (χ4v) is 3.40. The molecule has 0 unspecified atom stereocenters. The summed E-state index contributed by atoms with van der Waals surface area (Å²) in [6, 6.07) is 7.86. The van der Waals surface area contributed by atoms with Crippen LogP contribution in [0, 0.1) is 0 Å². The van der Waals surface area contributed by atoms with E-state index >= 15 is 0 Å². The van der Waals surface area contributed by atoms with Gasteiger partial charge in [0.25, 0.3) is 0 Å². The summed E-state index contributed by atoms with van der Waals surface area (Å²) in [5, 5.41) is -0.0495. The summed E-state index contributed by atoms with van der Waals surface area (Å²) in [5.74, 6) is 1.08. The maximum Gasteiger partial charge on any atom is 0.235 e. The molecule has 0 aromatic heterocycles. The number of hydrogen-bond acceptors (Lipinski definition) is 4. The van der Waals surface area contributed by atoms with Crippen LogP contribution in [0.25, 0.3) is 0 Å². The van der Waals surface area contributed by atoms with Crippen LogP contribution in [-0.4, -0.2) is 60.8 Å². The van der Waals surface area contributed by atoms with Crippen LogP contribution in [0.5, 0.6) is 5.75 Å². The summed E-state index contributed by atoms with van der Waals surface area (Å²) in [7, 11) is 1.66. The molecule has 116 valence electrons. The van der Waals surface area contributed by atoms with Crippen LogP contribution in [0.1, 0.15) is 13.8 Å². The number of ether oxygens (including phenoxy) is 1. The number of piperazine rings is 1. The molecule has 0 aliphatic carbocycles. The van der Waals surface area contributed by atoms with Crippen molar-refractivity contribution in [2.24, 2.45) is 0 Å². The fraction of sp³-hybridized carbons (Fsp3) is 0.562. The zero-order chi connectivity index (χ0) is 15.2. The Balaban J connectivity index is 1.87. The lowest BCUT2D eigenvalue weighted by Gasteiger charge is -2.35. The smallest absolute Gasteiger partial charge is 0.235 e. The summed E-state index contributed by atoms with van der Waals surface area (Å²) in [4.78, 5) is 18.0. The third kappa shape index (κ3) is 4.38. The summed E-state index contributed by atoms with van der Waals surface area (Å²) in [5.41, 5.74) is 0. The predicted molar refractivity (Wildman–Crippen MR) is 87.0 cm³/mol. The molecule has 0 saturated carbocycles. The Kier molecular flexibility index (Phi) is 5.94. The molecule has 0 radical (unpaired) electrons. The second kappa shape index (κ2) is 7.71. The van der Waals surface area contributed by atoms with Gasteiger partial charge in [0.15, 0.2) is 0 Å². The molecule has 1 heterocycles. The van der Waals surface area contributed by atoms with Crippen LogP contribution in [0.4, 0.5) is 0 Å². The Hall–Kier alpha value is -1.20. The number of hydrogen-bond donors (Lipinski definition) is 0. The van der Waals surface area contributed by atoms with E-state index in [2.05, 4.69) is 11.8 Å². The van der Waals surface area contributed by atoms with Crippen LogP contribution in [0.3, 0.4) is 0 Å². The molecule has 1 fully saturated rings. The van der Waals surface area contributed by atoms with Crippen LogP contribution in [0.15, 0.2) is 29.2 Å². The molecule has 0 bridgehead atoms. The van der Waals surface area contributed by atoms with Gasteiger partial charge in [-0.15, -0.1) is 11.8 Å². The zero-order valence-electron chi connectivity index (χ0n) is 13.0. The lowest BCUT2D eigenvalue weighted by Crippen LogP contribution is -2.50. The van der Waals surface area contributed by atoms with E-state index in [0.29, 0.717) is 0 Å². The van der Waals surface area contributed by atoms with Gasteiger partial charge in [0.1, 0.15) is 5.75 Å². The lowest BCUT2D eigenvalue weighted by atomic mass is 10.3. The molecule has 1 saturated heterocycles. The van der Waals surface area contributed by atoms with Crippen molar-refractivity contribution in [2.75, 3.05) is 39.8 Å². The SMILES string of the molecule is CCN1CCN(C(=O)[C@H](C)Sc2ccc(OC)cc2)CC1. The van der Waals surface area contributed by atoms with Crippen molar-refractivity contribution in [1.29, 1.82) is 0 Å². The minimum Gasteiger partial charge on any atom is -0.497 e. The van der Waals surface area contributed by atoms with E-state index in [0.717, 1.165) is 43.4 Å². The summed E-state index contributed by atoms with van der Waals surface area (Å²) in [6.45, 7) is 8.89. The molecule has 2 rings (SSSR count). The average Bonchev–Trinajstić information content (AvgIpc) is 2.55. The summed E-state index contributed by atoms with van der Waals surface area (Å²) < 4.78 is 5.15. The maximum absolute atomic E-state index is 12.5. The number of thioether (sulfide) groups is 1. The Morgan fingerprint density at radius 3 is 2.38 bits per heavy atom. The molecular weight excluding hydrogens is 284 g/mol. The number of rotatable bonds is 5. The van der Waals surface area contributed by atoms with Crippen LogP contribution in [0.2, 0.25) is 0 Å². The molecule has 1 aliphatic rings. The molecule has 21 heavy (non-hydrogen) atoms. The van der Waals surface area contributed by atoms with Crippen LogP contribution >= 0.6 is 11.8 Å². The van der Waals surface area contributed by atoms with Gasteiger partial charge in [0.2, 0.25) is 5.91 Å². The molecule has 1 aromatic carbocycles. The highest BCUT2D eigenvalue weighted by atomic mass is 32.2. The lowest BCUT2D eigenvalue weighted by molar-refractivity contribution is -0.132. The third-order valence-corrected chi connectivity index (χ3v) is 4.95. The molecule has 1 aliphatic heterocycles. The first-order valence-corrected chi connectivity index (χ1v) is 8.34. The normalized spacial score (nSPS) is 17.6. The first-order chi connectivity index (χ1) is 10.1. The van der Waals surface area contributed by atoms with Crippen molar-refractivity contribution >= 4 is 17.7 Å². The number of amides is 1. The molecule has 0 N–H and O–H groups in total. The fourth-order valence-electron chi connectivity index (χ4n) is 2.45. The van der Waals surface area contributed by atoms with Gasteiger partial charge in [-0.3, -0.25) is 4.79 Å². The van der Waals surface area contributed by atoms with Crippen molar-refractivity contribution in [3.63, 3.8) is 0 Å². The molecule has 0 spiro atoms. The summed E-state index contributed by atoms with van der Waals surface area (Å²) in [6.07, 6.45) is 0. The first-order valence-electron chi connectivity index (χ1n) is 7.46. The van der Waals surface area contributed by atoms with Crippen molar-refractivity contribution in [3.8, 4) is 5.75 Å². The van der Waals surface area contributed by atoms with Crippen molar-refractivity contribution < 1.29 is 9.53 Å².